The van der Waals surface area contributed by atoms with E-state index in [4.69, 9.17) is 14.2 Å². The number of phenols is 1. The summed E-state index contributed by atoms with van der Waals surface area (Å²) in [5.41, 5.74) is 0.581. The zero-order chi connectivity index (χ0) is 21.0. The predicted molar refractivity (Wildman–Crippen MR) is 107 cm³/mol. The van der Waals surface area contributed by atoms with Gasteiger partial charge in [0.2, 0.25) is 0 Å². The van der Waals surface area contributed by atoms with Gasteiger partial charge in [-0.3, -0.25) is 10.1 Å². The summed E-state index contributed by atoms with van der Waals surface area (Å²) in [6, 6.07) is 2.53. The fraction of sp³-hybridized carbons (Fsp3) is 0.727. The number of nitro benzene ring substituents is 1. The van der Waals surface area contributed by atoms with Gasteiger partial charge in [-0.15, -0.1) is 0 Å². The maximum absolute atomic E-state index is 11.3. The van der Waals surface area contributed by atoms with E-state index in [2.05, 4.69) is 20.8 Å². The summed E-state index contributed by atoms with van der Waals surface area (Å²) in [5.74, 6) is 0.813. The van der Waals surface area contributed by atoms with Crippen molar-refractivity contribution in [1.82, 2.24) is 0 Å². The van der Waals surface area contributed by atoms with Crippen LogP contribution in [0.4, 0.5) is 5.69 Å². The first-order chi connectivity index (χ1) is 13.7. The van der Waals surface area contributed by atoms with Crippen LogP contribution in [0.2, 0.25) is 0 Å². The molecule has 7 heteroatoms. The highest BCUT2D eigenvalue weighted by Gasteiger charge is 2.56. The molecular formula is C22H31NO6. The lowest BCUT2D eigenvalue weighted by Crippen LogP contribution is -2.56. The van der Waals surface area contributed by atoms with Crippen LogP contribution in [-0.2, 0) is 9.47 Å². The molecule has 2 aliphatic carbocycles. The third kappa shape index (κ3) is 3.28. The second kappa shape index (κ2) is 7.13. The fourth-order valence-electron chi connectivity index (χ4n) is 6.35. The molecule has 1 aromatic rings. The molecule has 1 N–H and O–H groups in total. The van der Waals surface area contributed by atoms with Crippen LogP contribution in [0.15, 0.2) is 12.1 Å². The number of ether oxygens (including phenoxy) is 3. The molecule has 4 rings (SSSR count). The Bertz CT molecular complexity index is 809. The molecular weight excluding hydrogens is 374 g/mol. The van der Waals surface area contributed by atoms with Crippen molar-refractivity contribution in [3.05, 3.63) is 27.8 Å². The molecule has 29 heavy (non-hydrogen) atoms. The maximum atomic E-state index is 11.3. The fourth-order valence-corrected chi connectivity index (χ4v) is 6.35. The summed E-state index contributed by atoms with van der Waals surface area (Å²) < 4.78 is 17.5. The van der Waals surface area contributed by atoms with Crippen LogP contribution >= 0.6 is 0 Å². The largest absolute Gasteiger partial charge is 0.504 e. The minimum atomic E-state index is -0.832. The SMILES string of the molecule is COc1cc([N+](=O)[O-])cc([C@H]2OC[C@H]3[C@@H](CCC4C(C)(C)CCC[C@@]43C)O2)c1O. The quantitative estimate of drug-likeness (QED) is 0.564. The Labute approximate surface area is 171 Å². The molecule has 5 atom stereocenters. The standard InChI is InChI=1S/C22H31NO6/c1-21(2)8-5-9-22(3)15-12-28-20(29-16(15)6-7-18(21)22)14-10-13(23(25)26)11-17(27-4)19(14)24/h10-11,15-16,18,20,24H,5-9,12H2,1-4H3/t15-,16+,18?,20-,22+/m0/s1. The van der Waals surface area contributed by atoms with Gasteiger partial charge in [-0.05, 0) is 42.4 Å². The maximum Gasteiger partial charge on any atom is 0.273 e. The molecule has 3 fully saturated rings. The number of methoxy groups -OCH3 is 1. The van der Waals surface area contributed by atoms with Gasteiger partial charge in [-0.25, -0.2) is 0 Å². The minimum Gasteiger partial charge on any atom is -0.504 e. The number of non-ortho nitro benzene ring substituents is 1. The van der Waals surface area contributed by atoms with E-state index in [-0.39, 0.29) is 34.3 Å². The molecule has 1 heterocycles. The number of phenolic OH excluding ortho intramolecular Hbond substituents is 1. The Morgan fingerprint density at radius 2 is 2.00 bits per heavy atom. The van der Waals surface area contributed by atoms with Gasteiger partial charge < -0.3 is 19.3 Å². The van der Waals surface area contributed by atoms with E-state index >= 15 is 0 Å². The highest BCUT2D eigenvalue weighted by Crippen LogP contribution is 2.61. The zero-order valence-electron chi connectivity index (χ0n) is 17.6. The molecule has 1 aliphatic heterocycles. The molecule has 1 aromatic carbocycles. The van der Waals surface area contributed by atoms with Gasteiger partial charge in [0.1, 0.15) is 0 Å². The summed E-state index contributed by atoms with van der Waals surface area (Å²) in [4.78, 5) is 10.8. The Morgan fingerprint density at radius 3 is 2.69 bits per heavy atom. The van der Waals surface area contributed by atoms with E-state index < -0.39 is 11.2 Å². The van der Waals surface area contributed by atoms with Crippen LogP contribution in [-0.4, -0.2) is 29.9 Å². The highest BCUT2D eigenvalue weighted by molar-refractivity contribution is 5.54. The van der Waals surface area contributed by atoms with E-state index in [0.717, 1.165) is 12.8 Å². The monoisotopic (exact) mass is 405 g/mol. The van der Waals surface area contributed by atoms with Crippen LogP contribution in [0.5, 0.6) is 11.5 Å². The number of aromatic hydroxyl groups is 1. The second-order valence-corrected chi connectivity index (χ2v) is 9.77. The predicted octanol–water partition coefficient (Wildman–Crippen LogP) is 4.97. The van der Waals surface area contributed by atoms with Crippen LogP contribution in [0.1, 0.15) is 64.7 Å². The lowest BCUT2D eigenvalue weighted by atomic mass is 9.48. The number of nitro groups is 1. The van der Waals surface area contributed by atoms with Crippen LogP contribution in [0.3, 0.4) is 0 Å². The van der Waals surface area contributed by atoms with E-state index in [9.17, 15) is 15.2 Å². The molecule has 0 bridgehead atoms. The molecule has 160 valence electrons. The summed E-state index contributed by atoms with van der Waals surface area (Å²) in [5, 5.41) is 21.8. The van der Waals surface area contributed by atoms with Crippen molar-refractivity contribution in [2.45, 2.75) is 65.3 Å². The zero-order valence-corrected chi connectivity index (χ0v) is 17.6. The number of hydrogen-bond donors (Lipinski definition) is 1. The van der Waals surface area contributed by atoms with Gasteiger partial charge in [0.15, 0.2) is 17.8 Å². The number of hydrogen-bond acceptors (Lipinski definition) is 6. The van der Waals surface area contributed by atoms with Gasteiger partial charge in [-0.2, -0.15) is 0 Å². The summed E-state index contributed by atoms with van der Waals surface area (Å²) in [6.07, 6.45) is 4.90. The van der Waals surface area contributed by atoms with Gasteiger partial charge in [0.25, 0.3) is 5.69 Å². The van der Waals surface area contributed by atoms with E-state index in [0.29, 0.717) is 23.9 Å². The van der Waals surface area contributed by atoms with E-state index in [1.165, 1.54) is 38.5 Å². The number of benzene rings is 1. The normalized spacial score (nSPS) is 36.0. The first-order valence-corrected chi connectivity index (χ1v) is 10.5. The Kier molecular flexibility index (Phi) is 5.02. The molecule has 1 unspecified atom stereocenters. The minimum absolute atomic E-state index is 0.0218. The number of rotatable bonds is 3. The first kappa shape index (κ1) is 20.4. The molecule has 0 radical (unpaired) electrons. The van der Waals surface area contributed by atoms with Gasteiger partial charge in [-0.1, -0.05) is 27.2 Å². The molecule has 0 aromatic heterocycles. The second-order valence-electron chi connectivity index (χ2n) is 9.77. The van der Waals surface area contributed by atoms with E-state index in [1.807, 2.05) is 0 Å². The summed E-state index contributed by atoms with van der Waals surface area (Å²) in [7, 11) is 1.37. The first-order valence-electron chi connectivity index (χ1n) is 10.5. The Morgan fingerprint density at radius 1 is 1.24 bits per heavy atom. The Hall–Kier alpha value is -1.86. The van der Waals surface area contributed by atoms with E-state index in [1.54, 1.807) is 0 Å². The van der Waals surface area contributed by atoms with Crippen molar-refractivity contribution in [1.29, 1.82) is 0 Å². The average Bonchev–Trinajstić information content (AvgIpc) is 2.67. The lowest BCUT2D eigenvalue weighted by molar-refractivity contribution is -0.385. The highest BCUT2D eigenvalue weighted by atomic mass is 16.7. The molecule has 7 nitrogen and oxygen atoms in total. The molecule has 3 aliphatic rings. The van der Waals surface area contributed by atoms with Gasteiger partial charge in [0, 0.05) is 12.0 Å². The molecule has 0 spiro atoms. The smallest absolute Gasteiger partial charge is 0.273 e. The van der Waals surface area contributed by atoms with Crippen LogP contribution < -0.4 is 4.74 Å². The van der Waals surface area contributed by atoms with Crippen LogP contribution in [0.25, 0.3) is 0 Å². The number of nitrogens with zero attached hydrogens (tertiary/aromatic N) is 1. The van der Waals surface area contributed by atoms with Gasteiger partial charge >= 0.3 is 0 Å². The van der Waals surface area contributed by atoms with Crippen molar-refractivity contribution >= 4 is 5.69 Å². The van der Waals surface area contributed by atoms with Crippen molar-refractivity contribution in [3.8, 4) is 11.5 Å². The topological polar surface area (TPSA) is 91.1 Å². The van der Waals surface area contributed by atoms with Crippen molar-refractivity contribution in [2.24, 2.45) is 22.7 Å². The van der Waals surface area contributed by atoms with Crippen molar-refractivity contribution < 1.29 is 24.2 Å². The lowest BCUT2D eigenvalue weighted by Gasteiger charge is -2.60. The number of fused-ring (bicyclic) bond motifs is 3. The molecule has 0 amide bonds. The third-order valence-electron chi connectivity index (χ3n) is 7.81. The van der Waals surface area contributed by atoms with Crippen molar-refractivity contribution in [2.75, 3.05) is 13.7 Å². The van der Waals surface area contributed by atoms with Crippen molar-refractivity contribution in [3.63, 3.8) is 0 Å². The molecule has 2 saturated carbocycles. The van der Waals surface area contributed by atoms with Gasteiger partial charge in [0.05, 0.1) is 36.4 Å². The summed E-state index contributed by atoms with van der Waals surface area (Å²) in [6.45, 7) is 7.69. The average molecular weight is 405 g/mol. The molecule has 1 saturated heterocycles. The Balaban J connectivity index is 1.61. The summed E-state index contributed by atoms with van der Waals surface area (Å²) >= 11 is 0. The third-order valence-corrected chi connectivity index (χ3v) is 7.81. The van der Waals surface area contributed by atoms with Crippen LogP contribution in [0, 0.1) is 32.8 Å².